The van der Waals surface area contributed by atoms with Crippen molar-refractivity contribution in [1.29, 1.82) is 0 Å². The summed E-state index contributed by atoms with van der Waals surface area (Å²) >= 11 is 0. The molecule has 0 heterocycles. The number of rotatable bonds is 2. The first-order valence-electron chi connectivity index (χ1n) is 2.99. The summed E-state index contributed by atoms with van der Waals surface area (Å²) in [7, 11) is 0. The Morgan fingerprint density at radius 1 is 1.58 bits per heavy atom. The van der Waals surface area contributed by atoms with Crippen LogP contribution in [-0.2, 0) is 0 Å². The largest absolute Gasteiger partial charge is 0.502 e. The zero-order chi connectivity index (χ0) is 9.14. The van der Waals surface area contributed by atoms with Gasteiger partial charge in [-0.15, -0.1) is 0 Å². The quantitative estimate of drug-likeness (QED) is 0.396. The average molecular weight is 169 g/mol. The fourth-order valence-electron chi connectivity index (χ4n) is 0.722. The molecule has 1 rings (SSSR count). The van der Waals surface area contributed by atoms with Gasteiger partial charge in [0.25, 0.3) is 0 Å². The normalized spacial score (nSPS) is 9.42. The topological polar surface area (TPSA) is 79.4 Å². The molecule has 0 radical (unpaired) electrons. The van der Waals surface area contributed by atoms with Crippen molar-refractivity contribution in [1.82, 2.24) is 0 Å². The summed E-state index contributed by atoms with van der Waals surface area (Å²) < 4.78 is 12.6. The van der Waals surface area contributed by atoms with Crippen LogP contribution in [0.5, 0.6) is 0 Å². The minimum atomic E-state index is -0.931. The molecule has 5 nitrogen and oxygen atoms in total. The number of benzene rings is 1. The molecule has 0 aliphatic heterocycles. The van der Waals surface area contributed by atoms with E-state index >= 15 is 0 Å². The van der Waals surface area contributed by atoms with Crippen LogP contribution in [0.4, 0.5) is 15.8 Å². The molecular weight excluding hydrogens is 165 g/mol. The summed E-state index contributed by atoms with van der Waals surface area (Å²) in [5, 5.41) is 11.8. The molecule has 1 aromatic rings. The molecule has 0 aliphatic rings. The number of nitrogens with zero attached hydrogens (tertiary/aromatic N) is 2. The van der Waals surface area contributed by atoms with Crippen molar-refractivity contribution in [2.45, 2.75) is 0 Å². The Kier molecular flexibility index (Phi) is 2.09. The third kappa shape index (κ3) is 1.42. The van der Waals surface area contributed by atoms with Crippen molar-refractivity contribution in [2.75, 3.05) is 0 Å². The monoisotopic (exact) mass is 169 g/mol. The molecule has 1 aromatic carbocycles. The molecule has 0 saturated heterocycles. The van der Waals surface area contributed by atoms with Crippen molar-refractivity contribution in [2.24, 2.45) is 0 Å². The highest BCUT2D eigenvalue weighted by Crippen LogP contribution is 2.18. The van der Waals surface area contributed by atoms with Gasteiger partial charge in [-0.2, -0.15) is 4.39 Å². The van der Waals surface area contributed by atoms with Crippen LogP contribution in [0, 0.1) is 15.9 Å². The summed E-state index contributed by atoms with van der Waals surface area (Å²) in [4.78, 5) is 9.28. The summed E-state index contributed by atoms with van der Waals surface area (Å²) in [5.41, 5.74) is 7.74. The second-order valence-electron chi connectivity index (χ2n) is 2.04. The molecule has 0 atom stereocenters. The van der Waals surface area contributed by atoms with E-state index in [1.807, 2.05) is 0 Å². The van der Waals surface area contributed by atoms with Crippen molar-refractivity contribution in [3.63, 3.8) is 0 Å². The van der Waals surface area contributed by atoms with Crippen LogP contribution in [0.15, 0.2) is 18.2 Å². The van der Waals surface area contributed by atoms with Gasteiger partial charge in [0.2, 0.25) is 5.82 Å². The van der Waals surface area contributed by atoms with E-state index in [4.69, 9.17) is 5.53 Å². The first-order chi connectivity index (χ1) is 5.65. The van der Waals surface area contributed by atoms with Gasteiger partial charge < -0.3 is 5.53 Å². The van der Waals surface area contributed by atoms with Crippen molar-refractivity contribution in [3.05, 3.63) is 39.7 Å². The number of halogens is 1. The number of nitro benzene ring substituents is 1. The number of hydrogen-bond acceptors (Lipinski definition) is 2. The van der Waals surface area contributed by atoms with E-state index in [1.54, 1.807) is 5.11 Å². The predicted molar refractivity (Wildman–Crippen MR) is 37.0 cm³/mol. The lowest BCUT2D eigenvalue weighted by Crippen LogP contribution is -2.54. The molecule has 12 heavy (non-hydrogen) atoms. The molecule has 0 bridgehead atoms. The van der Waals surface area contributed by atoms with Crippen molar-refractivity contribution in [3.8, 4) is 0 Å². The Bertz CT molecular complexity index is 340. The van der Waals surface area contributed by atoms with Gasteiger partial charge in [0.05, 0.1) is 11.0 Å². The molecular formula is C6H4FN3O2. The number of nitrogens with one attached hydrogen (secondary N) is 1. The molecule has 6 heteroatoms. The zero-order valence-corrected chi connectivity index (χ0v) is 5.82. The van der Waals surface area contributed by atoms with Gasteiger partial charge in [0.1, 0.15) is 0 Å². The molecule has 62 valence electrons. The smallest absolute Gasteiger partial charge is 0.311 e. The third-order valence-electron chi connectivity index (χ3n) is 1.27. The lowest BCUT2D eigenvalue weighted by atomic mass is 10.3. The standard InChI is InChI=1S/C6H4FN3O2/c7-5-2-1-4(9-8)3-6(5)10(11)12/h1-3,9H. The van der Waals surface area contributed by atoms with Crippen molar-refractivity contribution >= 4 is 11.4 Å². The zero-order valence-electron chi connectivity index (χ0n) is 5.82. The van der Waals surface area contributed by atoms with Crippen LogP contribution in [0.3, 0.4) is 0 Å². The maximum atomic E-state index is 12.6. The fourth-order valence-corrected chi connectivity index (χ4v) is 0.722. The van der Waals surface area contributed by atoms with Crippen LogP contribution < -0.4 is 5.11 Å². The summed E-state index contributed by atoms with van der Waals surface area (Å²) in [6.45, 7) is 0. The van der Waals surface area contributed by atoms with Gasteiger partial charge >= 0.3 is 5.69 Å². The Morgan fingerprint density at radius 3 is 2.75 bits per heavy atom. The highest BCUT2D eigenvalue weighted by Gasteiger charge is 2.14. The van der Waals surface area contributed by atoms with E-state index in [2.05, 4.69) is 0 Å². The first kappa shape index (κ1) is 8.25. The van der Waals surface area contributed by atoms with Crippen LogP contribution >= 0.6 is 0 Å². The molecule has 1 N–H and O–H groups in total. The Balaban J connectivity index is 3.25. The van der Waals surface area contributed by atoms with Crippen molar-refractivity contribution < 1.29 is 14.4 Å². The number of nitro groups is 1. The molecule has 0 unspecified atom stereocenters. The second-order valence-corrected chi connectivity index (χ2v) is 2.04. The highest BCUT2D eigenvalue weighted by atomic mass is 19.1. The van der Waals surface area contributed by atoms with Crippen LogP contribution in [-0.4, -0.2) is 4.92 Å². The molecule has 0 fully saturated rings. The molecule has 0 spiro atoms. The predicted octanol–water partition coefficient (Wildman–Crippen LogP) is 0.468. The molecule has 0 amide bonds. The van der Waals surface area contributed by atoms with E-state index in [9.17, 15) is 14.5 Å². The molecule has 0 aliphatic carbocycles. The van der Waals surface area contributed by atoms with Crippen LogP contribution in [0.25, 0.3) is 5.53 Å². The van der Waals surface area contributed by atoms with E-state index in [0.29, 0.717) is 0 Å². The SMILES string of the molecule is [N-]=[NH+]c1ccc(F)c([N+](=O)[O-])c1. The molecule has 0 saturated carbocycles. The van der Waals surface area contributed by atoms with Gasteiger partial charge in [0, 0.05) is 6.07 Å². The Labute approximate surface area is 66.5 Å². The summed E-state index contributed by atoms with van der Waals surface area (Å²) in [5.74, 6) is -0.931. The van der Waals surface area contributed by atoms with Gasteiger partial charge in [-0.1, -0.05) is 0 Å². The Hall–Kier alpha value is -1.85. The maximum absolute atomic E-state index is 12.6. The summed E-state index contributed by atoms with van der Waals surface area (Å²) in [6.07, 6.45) is 0. The first-order valence-corrected chi connectivity index (χ1v) is 2.99. The minimum absolute atomic E-state index is 0.0723. The van der Waals surface area contributed by atoms with Gasteiger partial charge in [-0.05, 0) is 6.07 Å². The van der Waals surface area contributed by atoms with Crippen LogP contribution in [0.1, 0.15) is 0 Å². The van der Waals surface area contributed by atoms with Crippen LogP contribution in [0.2, 0.25) is 0 Å². The number of hydrogen-bond donors (Lipinski definition) is 1. The highest BCUT2D eigenvalue weighted by molar-refractivity contribution is 5.42. The molecule has 0 aromatic heterocycles. The maximum Gasteiger partial charge on any atom is 0.311 e. The lowest BCUT2D eigenvalue weighted by Gasteiger charge is -1.92. The Morgan fingerprint density at radius 2 is 2.25 bits per heavy atom. The van der Waals surface area contributed by atoms with E-state index in [1.165, 1.54) is 6.07 Å². The lowest BCUT2D eigenvalue weighted by molar-refractivity contribution is -0.394. The van der Waals surface area contributed by atoms with Gasteiger partial charge in [0.15, 0.2) is 5.69 Å². The van der Waals surface area contributed by atoms with E-state index < -0.39 is 16.4 Å². The van der Waals surface area contributed by atoms with Gasteiger partial charge in [-0.25, -0.2) is 0 Å². The van der Waals surface area contributed by atoms with Gasteiger partial charge in [-0.3, -0.25) is 15.2 Å². The second kappa shape index (κ2) is 3.04. The summed E-state index contributed by atoms with van der Waals surface area (Å²) in [6, 6.07) is 2.98. The average Bonchev–Trinajstić information content (AvgIpc) is 2.05. The van der Waals surface area contributed by atoms with E-state index in [-0.39, 0.29) is 5.69 Å². The van der Waals surface area contributed by atoms with E-state index in [0.717, 1.165) is 12.1 Å². The fraction of sp³-hybridized carbons (Fsp3) is 0. The minimum Gasteiger partial charge on any atom is -0.502 e. The third-order valence-corrected chi connectivity index (χ3v) is 1.27.